The molecule has 19 heavy (non-hydrogen) atoms. The number of benzene rings is 1. The summed E-state index contributed by atoms with van der Waals surface area (Å²) in [5.41, 5.74) is 1.84. The second-order valence-corrected chi connectivity index (χ2v) is 4.77. The predicted molar refractivity (Wildman–Crippen MR) is 73.2 cm³/mol. The molecule has 0 saturated carbocycles. The van der Waals surface area contributed by atoms with Crippen LogP contribution in [0.1, 0.15) is 19.8 Å². The van der Waals surface area contributed by atoms with Crippen LogP contribution in [0.4, 0.5) is 11.4 Å². The van der Waals surface area contributed by atoms with Gasteiger partial charge in [0.25, 0.3) is 0 Å². The third kappa shape index (κ3) is 2.20. The number of unbranched alkanes of at least 4 members (excludes halogenated alkanes) is 1. The first-order valence-corrected chi connectivity index (χ1v) is 6.77. The van der Waals surface area contributed by atoms with Crippen LogP contribution in [-0.4, -0.2) is 32.2 Å². The maximum absolute atomic E-state index is 12.0. The maximum Gasteiger partial charge on any atom is 0.246 e. The van der Waals surface area contributed by atoms with E-state index < -0.39 is 0 Å². The molecule has 0 spiro atoms. The minimum absolute atomic E-state index is 0.109. The first-order chi connectivity index (χ1) is 9.29. The second kappa shape index (κ2) is 4.99. The van der Waals surface area contributed by atoms with Crippen molar-refractivity contribution in [3.05, 3.63) is 12.1 Å². The Morgan fingerprint density at radius 1 is 1.26 bits per heavy atom. The lowest BCUT2D eigenvalue weighted by atomic mass is 10.1. The molecule has 2 heterocycles. The molecule has 5 heteroatoms. The van der Waals surface area contributed by atoms with Gasteiger partial charge in [-0.05, 0) is 6.42 Å². The van der Waals surface area contributed by atoms with Crippen LogP contribution in [0.5, 0.6) is 11.5 Å². The Labute approximate surface area is 112 Å². The molecule has 0 fully saturated rings. The number of nitrogens with one attached hydrogen (secondary N) is 1. The summed E-state index contributed by atoms with van der Waals surface area (Å²) in [6.07, 6.45) is 2.07. The van der Waals surface area contributed by atoms with E-state index in [0.717, 1.165) is 42.3 Å². The number of carbonyl (C=O) groups is 1. The molecule has 1 aromatic carbocycles. The fourth-order valence-electron chi connectivity index (χ4n) is 2.40. The molecule has 102 valence electrons. The van der Waals surface area contributed by atoms with E-state index in [-0.39, 0.29) is 5.91 Å². The molecule has 2 aliphatic heterocycles. The van der Waals surface area contributed by atoms with Crippen molar-refractivity contribution in [3.63, 3.8) is 0 Å². The number of nitrogens with zero attached hydrogens (tertiary/aromatic N) is 1. The molecule has 3 rings (SSSR count). The Morgan fingerprint density at radius 2 is 2.00 bits per heavy atom. The number of fused-ring (bicyclic) bond motifs is 2. The lowest BCUT2D eigenvalue weighted by Crippen LogP contribution is -2.40. The van der Waals surface area contributed by atoms with Crippen molar-refractivity contribution < 1.29 is 14.3 Å². The molecule has 0 aliphatic carbocycles. The first kappa shape index (κ1) is 12.1. The monoisotopic (exact) mass is 262 g/mol. The van der Waals surface area contributed by atoms with Gasteiger partial charge in [0, 0.05) is 18.7 Å². The minimum Gasteiger partial charge on any atom is -0.486 e. The molecule has 0 unspecified atom stereocenters. The summed E-state index contributed by atoms with van der Waals surface area (Å²) in [5.74, 6) is 1.59. The third-order valence-corrected chi connectivity index (χ3v) is 3.42. The fourth-order valence-corrected chi connectivity index (χ4v) is 2.40. The van der Waals surface area contributed by atoms with E-state index in [2.05, 4.69) is 12.2 Å². The molecule has 1 amide bonds. The molecule has 0 saturated heterocycles. The summed E-state index contributed by atoms with van der Waals surface area (Å²) in [6, 6.07) is 3.83. The summed E-state index contributed by atoms with van der Waals surface area (Å²) in [7, 11) is 0. The number of anilines is 2. The van der Waals surface area contributed by atoms with E-state index in [0.29, 0.717) is 19.8 Å². The number of carbonyl (C=O) groups excluding carboxylic acids is 1. The zero-order chi connectivity index (χ0) is 13.2. The van der Waals surface area contributed by atoms with Crippen molar-refractivity contribution in [2.45, 2.75) is 19.8 Å². The largest absolute Gasteiger partial charge is 0.486 e. The summed E-state index contributed by atoms with van der Waals surface area (Å²) < 4.78 is 11.2. The molecule has 1 N–H and O–H groups in total. The fraction of sp³-hybridized carbons (Fsp3) is 0.500. The molecule has 0 atom stereocenters. The van der Waals surface area contributed by atoms with Gasteiger partial charge < -0.3 is 19.7 Å². The average molecular weight is 262 g/mol. The molecular formula is C14H18N2O3. The summed E-state index contributed by atoms with van der Waals surface area (Å²) in [5, 5.41) is 3.14. The lowest BCUT2D eigenvalue weighted by Gasteiger charge is -2.32. The van der Waals surface area contributed by atoms with Crippen LogP contribution in [-0.2, 0) is 4.79 Å². The Bertz CT molecular complexity index is 502. The van der Waals surface area contributed by atoms with Gasteiger partial charge in [-0.15, -0.1) is 0 Å². The molecular weight excluding hydrogens is 244 g/mol. The average Bonchev–Trinajstić information content (AvgIpc) is 2.44. The van der Waals surface area contributed by atoms with Crippen LogP contribution in [0.3, 0.4) is 0 Å². The van der Waals surface area contributed by atoms with Crippen molar-refractivity contribution in [1.82, 2.24) is 0 Å². The van der Waals surface area contributed by atoms with Gasteiger partial charge in [-0.1, -0.05) is 13.3 Å². The Kier molecular flexibility index (Phi) is 3.19. The second-order valence-electron chi connectivity index (χ2n) is 4.77. The Balaban J connectivity index is 1.96. The Hall–Kier alpha value is -1.91. The highest BCUT2D eigenvalue weighted by molar-refractivity contribution is 6.03. The lowest BCUT2D eigenvalue weighted by molar-refractivity contribution is -0.117. The minimum atomic E-state index is 0.109. The van der Waals surface area contributed by atoms with E-state index in [1.165, 1.54) is 0 Å². The highest BCUT2D eigenvalue weighted by Gasteiger charge is 2.26. The van der Waals surface area contributed by atoms with Gasteiger partial charge in [-0.2, -0.15) is 0 Å². The summed E-state index contributed by atoms with van der Waals surface area (Å²) >= 11 is 0. The predicted octanol–water partition coefficient (Wildman–Crippen LogP) is 2.02. The SMILES string of the molecule is CCCCN1C(=O)CNc2cc3c(cc21)OCCO3. The first-order valence-electron chi connectivity index (χ1n) is 6.77. The van der Waals surface area contributed by atoms with Crippen molar-refractivity contribution in [2.75, 3.05) is 36.5 Å². The number of rotatable bonds is 3. The van der Waals surface area contributed by atoms with Gasteiger partial charge >= 0.3 is 0 Å². The third-order valence-electron chi connectivity index (χ3n) is 3.42. The number of amides is 1. The quantitative estimate of drug-likeness (QED) is 0.905. The summed E-state index contributed by atoms with van der Waals surface area (Å²) in [6.45, 7) is 4.35. The van der Waals surface area contributed by atoms with Crippen molar-refractivity contribution in [1.29, 1.82) is 0 Å². The molecule has 5 nitrogen and oxygen atoms in total. The van der Waals surface area contributed by atoms with Gasteiger partial charge in [-0.3, -0.25) is 4.79 Å². The molecule has 1 aromatic rings. The number of hydrogen-bond donors (Lipinski definition) is 1. The van der Waals surface area contributed by atoms with Gasteiger partial charge in [-0.25, -0.2) is 0 Å². The molecule has 2 aliphatic rings. The van der Waals surface area contributed by atoms with Crippen LogP contribution >= 0.6 is 0 Å². The molecule has 0 aromatic heterocycles. The van der Waals surface area contributed by atoms with Gasteiger partial charge in [0.05, 0.1) is 17.9 Å². The normalized spacial score (nSPS) is 16.9. The Morgan fingerprint density at radius 3 is 2.74 bits per heavy atom. The van der Waals surface area contributed by atoms with Gasteiger partial charge in [0.1, 0.15) is 13.2 Å². The van der Waals surface area contributed by atoms with E-state index in [1.807, 2.05) is 17.0 Å². The van der Waals surface area contributed by atoms with Gasteiger partial charge in [0.15, 0.2) is 11.5 Å². The van der Waals surface area contributed by atoms with Crippen molar-refractivity contribution >= 4 is 17.3 Å². The van der Waals surface area contributed by atoms with Crippen molar-refractivity contribution in [3.8, 4) is 11.5 Å². The van der Waals surface area contributed by atoms with Crippen LogP contribution in [0.15, 0.2) is 12.1 Å². The summed E-state index contributed by atoms with van der Waals surface area (Å²) in [4.78, 5) is 13.9. The van der Waals surface area contributed by atoms with E-state index >= 15 is 0 Å². The van der Waals surface area contributed by atoms with Crippen LogP contribution in [0, 0.1) is 0 Å². The topological polar surface area (TPSA) is 50.8 Å². The standard InChI is InChI=1S/C14H18N2O3/c1-2-3-4-16-11-8-13-12(18-5-6-19-13)7-10(11)15-9-14(16)17/h7-8,15H,2-6,9H2,1H3. The van der Waals surface area contributed by atoms with Crippen LogP contribution < -0.4 is 19.7 Å². The highest BCUT2D eigenvalue weighted by Crippen LogP contribution is 2.41. The van der Waals surface area contributed by atoms with E-state index in [9.17, 15) is 4.79 Å². The zero-order valence-electron chi connectivity index (χ0n) is 11.1. The number of hydrogen-bond acceptors (Lipinski definition) is 4. The highest BCUT2D eigenvalue weighted by atomic mass is 16.6. The van der Waals surface area contributed by atoms with E-state index in [4.69, 9.17) is 9.47 Å². The molecule has 0 radical (unpaired) electrons. The molecule has 0 bridgehead atoms. The maximum atomic E-state index is 12.0. The smallest absolute Gasteiger partial charge is 0.246 e. The zero-order valence-corrected chi connectivity index (χ0v) is 11.1. The van der Waals surface area contributed by atoms with Crippen molar-refractivity contribution in [2.24, 2.45) is 0 Å². The van der Waals surface area contributed by atoms with Gasteiger partial charge in [0.2, 0.25) is 5.91 Å². The van der Waals surface area contributed by atoms with Crippen LogP contribution in [0.2, 0.25) is 0 Å². The number of ether oxygens (including phenoxy) is 2. The van der Waals surface area contributed by atoms with Crippen LogP contribution in [0.25, 0.3) is 0 Å². The van der Waals surface area contributed by atoms with E-state index in [1.54, 1.807) is 0 Å².